The highest BCUT2D eigenvalue weighted by Crippen LogP contribution is 2.31. The summed E-state index contributed by atoms with van der Waals surface area (Å²) < 4.78 is 39.4. The van der Waals surface area contributed by atoms with Crippen LogP contribution in [0, 0.1) is 0 Å². The van der Waals surface area contributed by atoms with E-state index in [9.17, 15) is 13.2 Å². The van der Waals surface area contributed by atoms with E-state index in [1.165, 1.54) is 29.8 Å². The summed E-state index contributed by atoms with van der Waals surface area (Å²) in [4.78, 5) is 17.2. The number of benzene rings is 1. The van der Waals surface area contributed by atoms with Crippen LogP contribution < -0.4 is 4.90 Å². The van der Waals surface area contributed by atoms with Gasteiger partial charge in [0.2, 0.25) is 0 Å². The molecular formula is C21H27N3O5S2. The number of hydrogen-bond donors (Lipinski definition) is 0. The maximum absolute atomic E-state index is 12.9. The fraction of sp³-hybridized carbons (Fsp3) is 0.429. The molecule has 0 aliphatic carbocycles. The number of carbonyl (C=O) groups is 1. The number of hydrogen-bond acceptors (Lipinski definition) is 7. The molecule has 2 heterocycles. The van der Waals surface area contributed by atoms with Gasteiger partial charge in [0.15, 0.2) is 0 Å². The first-order valence-corrected chi connectivity index (χ1v) is 12.3. The maximum Gasteiger partial charge on any atom is 0.351 e. The predicted octanol–water partition coefficient (Wildman–Crippen LogP) is 3.17. The van der Waals surface area contributed by atoms with Gasteiger partial charge >= 0.3 is 5.97 Å². The molecule has 0 bridgehead atoms. The van der Waals surface area contributed by atoms with E-state index in [-0.39, 0.29) is 10.9 Å². The Morgan fingerprint density at radius 2 is 1.94 bits per heavy atom. The van der Waals surface area contributed by atoms with Gasteiger partial charge < -0.3 is 19.3 Å². The van der Waals surface area contributed by atoms with E-state index < -0.39 is 16.1 Å². The van der Waals surface area contributed by atoms with Gasteiger partial charge in [0.1, 0.15) is 17.3 Å². The molecule has 10 heteroatoms. The summed E-state index contributed by atoms with van der Waals surface area (Å²) in [6.07, 6.45) is 1.33. The van der Waals surface area contributed by atoms with Gasteiger partial charge in [0.05, 0.1) is 23.8 Å². The molecule has 1 aliphatic heterocycles. The molecule has 0 radical (unpaired) electrons. The number of morpholine rings is 1. The molecular weight excluding hydrogens is 438 g/mol. The van der Waals surface area contributed by atoms with Gasteiger partial charge in [-0.25, -0.2) is 4.79 Å². The Hall–Kier alpha value is -2.43. The van der Waals surface area contributed by atoms with Crippen LogP contribution in [-0.2, 0) is 19.5 Å². The third-order valence-electron chi connectivity index (χ3n) is 4.77. The van der Waals surface area contributed by atoms with Crippen molar-refractivity contribution < 1.29 is 22.7 Å². The minimum absolute atomic E-state index is 0.0865. The molecule has 1 atom stereocenters. The molecule has 1 aromatic heterocycles. The monoisotopic (exact) mass is 465 g/mol. The van der Waals surface area contributed by atoms with Crippen LogP contribution in [0.4, 0.5) is 5.69 Å². The van der Waals surface area contributed by atoms with Crippen molar-refractivity contribution in [3.63, 3.8) is 0 Å². The highest BCUT2D eigenvalue weighted by Gasteiger charge is 2.24. The number of sulfonamides is 1. The molecule has 8 nitrogen and oxygen atoms in total. The Morgan fingerprint density at radius 3 is 2.55 bits per heavy atom. The zero-order valence-electron chi connectivity index (χ0n) is 17.9. The van der Waals surface area contributed by atoms with Crippen LogP contribution in [0.5, 0.6) is 0 Å². The average molecular weight is 466 g/mol. The largest absolute Gasteiger partial charge is 0.453 e. The van der Waals surface area contributed by atoms with Gasteiger partial charge in [0.25, 0.3) is 10.0 Å². The Bertz CT molecular complexity index is 1010. The molecule has 1 unspecified atom stereocenters. The highest BCUT2D eigenvalue weighted by atomic mass is 32.2. The van der Waals surface area contributed by atoms with Gasteiger partial charge in [0, 0.05) is 27.2 Å². The number of rotatable bonds is 8. The molecule has 3 rings (SSSR count). The molecule has 1 aliphatic rings. The fourth-order valence-electron chi connectivity index (χ4n) is 3.15. The lowest BCUT2D eigenvalue weighted by molar-refractivity contribution is 0.0293. The first-order chi connectivity index (χ1) is 14.8. The lowest BCUT2D eigenvalue weighted by Crippen LogP contribution is -2.36. The number of esters is 1. The van der Waals surface area contributed by atoms with Gasteiger partial charge in [-0.2, -0.15) is 8.42 Å². The minimum atomic E-state index is -3.78. The smallest absolute Gasteiger partial charge is 0.351 e. The molecule has 168 valence electrons. The number of nitrogens with zero attached hydrogens (tertiary/aromatic N) is 3. The van der Waals surface area contributed by atoms with Crippen molar-refractivity contribution in [3.8, 4) is 0 Å². The zero-order valence-corrected chi connectivity index (χ0v) is 19.5. The summed E-state index contributed by atoms with van der Waals surface area (Å²) in [5, 5.41) is 1.89. The van der Waals surface area contributed by atoms with Crippen LogP contribution in [0.15, 0.2) is 45.0 Å². The first kappa shape index (κ1) is 23.2. The topological polar surface area (TPSA) is 88.5 Å². The van der Waals surface area contributed by atoms with Crippen molar-refractivity contribution in [1.29, 1.82) is 0 Å². The van der Waals surface area contributed by atoms with Crippen molar-refractivity contribution in [2.75, 3.05) is 45.3 Å². The summed E-state index contributed by atoms with van der Waals surface area (Å²) >= 11 is 1.36. The van der Waals surface area contributed by atoms with Crippen molar-refractivity contribution in [3.05, 3.63) is 46.2 Å². The molecule has 1 aromatic carbocycles. The number of ether oxygens (including phenoxy) is 2. The Morgan fingerprint density at radius 1 is 1.26 bits per heavy atom. The highest BCUT2D eigenvalue weighted by molar-refractivity contribution is 7.90. The van der Waals surface area contributed by atoms with Crippen molar-refractivity contribution >= 4 is 39.4 Å². The van der Waals surface area contributed by atoms with Crippen LogP contribution in [0.25, 0.3) is 0 Å². The number of thiophene rings is 1. The van der Waals surface area contributed by atoms with Crippen molar-refractivity contribution in [1.82, 2.24) is 4.90 Å². The van der Waals surface area contributed by atoms with Crippen LogP contribution in [-0.4, -0.2) is 66.0 Å². The summed E-state index contributed by atoms with van der Waals surface area (Å²) in [6, 6.07) is 8.23. The van der Waals surface area contributed by atoms with E-state index in [0.717, 1.165) is 24.3 Å². The predicted molar refractivity (Wildman–Crippen MR) is 122 cm³/mol. The Balaban J connectivity index is 1.73. The standard InChI is InChI=1S/C21H27N3O5S2/c1-4-19(16-5-7-17(8-6-16)31(26,27)22-15-23(2)3)29-21(25)20-18(9-14-30-20)24-10-12-28-13-11-24/h5-9,14-15,19H,4,10-13H2,1-3H3. The third kappa shape index (κ3) is 5.84. The van der Waals surface area contributed by atoms with Crippen LogP contribution in [0.1, 0.15) is 34.7 Å². The number of carbonyl (C=O) groups excluding carboxylic acids is 1. The second-order valence-electron chi connectivity index (χ2n) is 7.27. The average Bonchev–Trinajstić information content (AvgIpc) is 3.27. The molecule has 31 heavy (non-hydrogen) atoms. The molecule has 2 aromatic rings. The lowest BCUT2D eigenvalue weighted by atomic mass is 10.1. The fourth-order valence-corrected chi connectivity index (χ4v) is 4.86. The van der Waals surface area contributed by atoms with E-state index in [4.69, 9.17) is 9.47 Å². The quantitative estimate of drug-likeness (QED) is 0.336. The Labute approximate surface area is 187 Å². The lowest BCUT2D eigenvalue weighted by Gasteiger charge is -2.28. The molecule has 0 spiro atoms. The SMILES string of the molecule is CCC(OC(=O)c1sccc1N1CCOCC1)c1ccc(S(=O)(=O)N=CN(C)C)cc1. The van der Waals surface area contributed by atoms with E-state index in [2.05, 4.69) is 9.30 Å². The van der Waals surface area contributed by atoms with Gasteiger partial charge in [-0.1, -0.05) is 19.1 Å². The van der Waals surface area contributed by atoms with Gasteiger partial charge in [-0.05, 0) is 35.6 Å². The minimum Gasteiger partial charge on any atom is -0.453 e. The maximum atomic E-state index is 12.9. The van der Waals surface area contributed by atoms with E-state index in [1.807, 2.05) is 18.4 Å². The van der Waals surface area contributed by atoms with Crippen LogP contribution in [0.2, 0.25) is 0 Å². The van der Waals surface area contributed by atoms with Gasteiger partial charge in [-0.15, -0.1) is 15.7 Å². The molecule has 0 N–H and O–H groups in total. The first-order valence-electron chi connectivity index (χ1n) is 10.00. The zero-order chi connectivity index (χ0) is 22.4. The van der Waals surface area contributed by atoms with Gasteiger partial charge in [-0.3, -0.25) is 0 Å². The number of anilines is 1. The molecule has 1 fully saturated rings. The summed E-state index contributed by atoms with van der Waals surface area (Å²) in [7, 11) is -0.386. The second kappa shape index (κ2) is 10.3. The van der Waals surface area contributed by atoms with E-state index >= 15 is 0 Å². The second-order valence-corrected chi connectivity index (χ2v) is 9.81. The van der Waals surface area contributed by atoms with Crippen molar-refractivity contribution in [2.45, 2.75) is 24.3 Å². The van der Waals surface area contributed by atoms with Crippen molar-refractivity contribution in [2.24, 2.45) is 4.40 Å². The molecule has 1 saturated heterocycles. The summed E-state index contributed by atoms with van der Waals surface area (Å²) in [6.45, 7) is 4.66. The summed E-state index contributed by atoms with van der Waals surface area (Å²) in [5.74, 6) is -0.379. The van der Waals surface area contributed by atoms with E-state index in [1.54, 1.807) is 31.1 Å². The van der Waals surface area contributed by atoms with Crippen LogP contribution in [0.3, 0.4) is 0 Å². The third-order valence-corrected chi connectivity index (χ3v) is 6.89. The molecule has 0 amide bonds. The molecule has 0 saturated carbocycles. The van der Waals surface area contributed by atoms with E-state index in [0.29, 0.717) is 24.5 Å². The normalized spacial score (nSPS) is 15.8. The van der Waals surface area contributed by atoms with Crippen LogP contribution >= 0.6 is 11.3 Å². The summed E-state index contributed by atoms with van der Waals surface area (Å²) in [5.41, 5.74) is 1.60. The Kier molecular flexibility index (Phi) is 7.69.